The number of hydrazine groups is 1. The van der Waals surface area contributed by atoms with Crippen molar-refractivity contribution in [1.29, 1.82) is 0 Å². The van der Waals surface area contributed by atoms with E-state index in [1.807, 2.05) is 33.8 Å². The van der Waals surface area contributed by atoms with E-state index in [0.29, 0.717) is 78.3 Å². The largest absolute Gasteiger partial charge is 0.480 e. The molecule has 0 aromatic heterocycles. The zero-order chi connectivity index (χ0) is 47.8. The van der Waals surface area contributed by atoms with Gasteiger partial charge >= 0.3 is 5.97 Å². The Hall–Kier alpha value is -3.63. The van der Waals surface area contributed by atoms with E-state index < -0.39 is 47.7 Å². The fraction of sp³-hybridized carbons (Fsp3) is 0.829. The summed E-state index contributed by atoms with van der Waals surface area (Å²) in [7, 11) is 0. The highest BCUT2D eigenvalue weighted by atomic mass is 16.6. The van der Waals surface area contributed by atoms with Crippen molar-refractivity contribution >= 4 is 29.7 Å². The van der Waals surface area contributed by atoms with Crippen LogP contribution in [0.3, 0.4) is 0 Å². The summed E-state index contributed by atoms with van der Waals surface area (Å²) in [6.45, 7) is 11.6. The molecule has 1 saturated heterocycles. The van der Waals surface area contributed by atoms with E-state index in [2.05, 4.69) is 42.2 Å². The van der Waals surface area contributed by atoms with Gasteiger partial charge in [-0.25, -0.2) is 10.0 Å². The van der Waals surface area contributed by atoms with Gasteiger partial charge in [0.25, 0.3) is 0 Å². The average Bonchev–Trinajstić information content (AvgIpc) is 3.25. The fourth-order valence-corrected chi connectivity index (χ4v) is 7.27. The molecule has 0 saturated carbocycles. The number of aliphatic hydroxyl groups is 3. The molecule has 24 heteroatoms. The van der Waals surface area contributed by atoms with Gasteiger partial charge in [0.1, 0.15) is 37.5 Å². The van der Waals surface area contributed by atoms with Gasteiger partial charge in [0, 0.05) is 68.8 Å². The topological polar surface area (TPSA) is 347 Å². The normalized spacial score (nSPS) is 21.6. The zero-order valence-corrected chi connectivity index (χ0v) is 38.5. The van der Waals surface area contributed by atoms with E-state index in [-0.39, 0.29) is 94.7 Å². The van der Waals surface area contributed by atoms with Crippen molar-refractivity contribution in [1.82, 2.24) is 42.2 Å². The molecular formula is C41H77N11O13. The third-order valence-corrected chi connectivity index (χ3v) is 11.3. The number of aliphatic imine (C=N–C) groups is 1. The van der Waals surface area contributed by atoms with Crippen molar-refractivity contribution in [3.8, 4) is 0 Å². The van der Waals surface area contributed by atoms with Gasteiger partial charge in [0.15, 0.2) is 5.96 Å². The third-order valence-electron chi connectivity index (χ3n) is 11.3. The molecule has 2 heterocycles. The molecule has 0 radical (unpaired) electrons. The van der Waals surface area contributed by atoms with Crippen molar-refractivity contribution in [2.75, 3.05) is 92.4 Å². The molecule has 1 aliphatic carbocycles. The van der Waals surface area contributed by atoms with Crippen LogP contribution in [0.15, 0.2) is 16.8 Å². The van der Waals surface area contributed by atoms with E-state index in [0.717, 1.165) is 10.7 Å². The molecule has 3 amide bonds. The number of nitrogens with zero attached hydrogens (tertiary/aromatic N) is 2. The molecule has 0 spiro atoms. The molecule has 2 aliphatic heterocycles. The predicted molar refractivity (Wildman–Crippen MR) is 237 cm³/mol. The van der Waals surface area contributed by atoms with Crippen molar-refractivity contribution in [2.45, 2.75) is 115 Å². The Bertz CT molecular complexity index is 1530. The number of hydrogen-bond acceptors (Lipinski definition) is 20. The first-order chi connectivity index (χ1) is 30.9. The number of allylic oxidation sites excluding steroid dienone is 2. The molecule has 1 fully saturated rings. The Morgan fingerprint density at radius 1 is 0.954 bits per heavy atom. The fourth-order valence-electron chi connectivity index (χ4n) is 7.27. The van der Waals surface area contributed by atoms with Crippen molar-refractivity contribution < 1.29 is 63.3 Å². The minimum absolute atomic E-state index is 0.0423. The molecule has 24 nitrogen and oxygen atoms in total. The summed E-state index contributed by atoms with van der Waals surface area (Å²) in [5.74, 6) is 3.86. The van der Waals surface area contributed by atoms with Gasteiger partial charge in [-0.05, 0) is 46.0 Å². The van der Waals surface area contributed by atoms with E-state index >= 15 is 0 Å². The van der Waals surface area contributed by atoms with Crippen LogP contribution >= 0.6 is 0 Å². The number of nitrogens with one attached hydrogen (secondary N) is 7. The van der Waals surface area contributed by atoms with Gasteiger partial charge in [-0.1, -0.05) is 19.9 Å². The van der Waals surface area contributed by atoms with Crippen LogP contribution in [0.5, 0.6) is 0 Å². The van der Waals surface area contributed by atoms with Crippen LogP contribution < -0.4 is 48.8 Å². The maximum absolute atomic E-state index is 12.5. The molecule has 15 N–H and O–H groups in total. The average molecular weight is 932 g/mol. The van der Waals surface area contributed by atoms with Crippen LogP contribution in [-0.4, -0.2) is 190 Å². The first kappa shape index (κ1) is 55.7. The Morgan fingerprint density at radius 2 is 1.60 bits per heavy atom. The number of hydrogen-bond donors (Lipinski definition) is 13. The molecule has 0 aromatic carbocycles. The quantitative estimate of drug-likeness (QED) is 0.0129. The number of amides is 3. The second-order valence-electron chi connectivity index (χ2n) is 17.6. The van der Waals surface area contributed by atoms with Crippen LogP contribution in [0, 0.1) is 11.3 Å². The highest BCUT2D eigenvalue weighted by Crippen LogP contribution is 2.28. The number of fused-ring (bicyclic) bond motifs is 1. The third kappa shape index (κ3) is 21.3. The number of ether oxygens (including phenoxy) is 5. The number of guanidine groups is 1. The van der Waals surface area contributed by atoms with Gasteiger partial charge in [-0.3, -0.25) is 46.3 Å². The van der Waals surface area contributed by atoms with Gasteiger partial charge in [-0.2, -0.15) is 0 Å². The summed E-state index contributed by atoms with van der Waals surface area (Å²) < 4.78 is 27.2. The van der Waals surface area contributed by atoms with Crippen molar-refractivity contribution in [3.63, 3.8) is 0 Å². The summed E-state index contributed by atoms with van der Waals surface area (Å²) in [5.41, 5.74) is 5.41. The predicted octanol–water partition coefficient (Wildman–Crippen LogP) is -3.55. The first-order valence-electron chi connectivity index (χ1n) is 22.4. The smallest absolute Gasteiger partial charge is 0.322 e. The Morgan fingerprint density at radius 3 is 2.23 bits per heavy atom. The van der Waals surface area contributed by atoms with E-state index in [4.69, 9.17) is 40.4 Å². The van der Waals surface area contributed by atoms with Crippen molar-refractivity contribution in [3.05, 3.63) is 11.8 Å². The number of aliphatic hydroxyl groups excluding tert-OH is 3. The molecule has 7 atom stereocenters. The summed E-state index contributed by atoms with van der Waals surface area (Å²) in [6, 6.07) is -1.85. The van der Waals surface area contributed by atoms with Crippen LogP contribution in [0.25, 0.3) is 0 Å². The minimum Gasteiger partial charge on any atom is -0.480 e. The van der Waals surface area contributed by atoms with Gasteiger partial charge in [0.2, 0.25) is 17.7 Å². The minimum atomic E-state index is -1.28. The lowest BCUT2D eigenvalue weighted by Gasteiger charge is -2.38. The molecule has 0 bridgehead atoms. The number of carbonyl (C=O) groups is 4. The monoisotopic (exact) mass is 932 g/mol. The maximum Gasteiger partial charge on any atom is 0.322 e. The zero-order valence-electron chi connectivity index (χ0n) is 38.5. The SMILES string of the molecule is CC(C)(CC(=O)NCCOCCOCCNC(=O)CC[C@@H](C(=O)O)N(N)[C@@H](O)[C@@H]1CC=C(NC[C@@H]2CNC3N=C(N)NC(=O)[C@@H]3N2)CC1)OCCC(C)(C)[C@H](O)NCCOCCOCO. The van der Waals surface area contributed by atoms with Gasteiger partial charge < -0.3 is 65.8 Å². The van der Waals surface area contributed by atoms with E-state index in [1.54, 1.807) is 0 Å². The highest BCUT2D eigenvalue weighted by Gasteiger charge is 2.38. The molecule has 3 aliphatic rings. The second-order valence-corrected chi connectivity index (χ2v) is 17.6. The lowest BCUT2D eigenvalue weighted by atomic mass is 9.87. The maximum atomic E-state index is 12.5. The van der Waals surface area contributed by atoms with Gasteiger partial charge in [-0.15, -0.1) is 0 Å². The molecular weight excluding hydrogens is 855 g/mol. The first-order valence-corrected chi connectivity index (χ1v) is 22.4. The number of nitrogens with two attached hydrogens (primary N) is 2. The number of rotatable bonds is 34. The molecule has 0 aromatic rings. The van der Waals surface area contributed by atoms with E-state index in [1.165, 1.54) is 0 Å². The number of carbonyl (C=O) groups excluding carboxylic acids is 3. The lowest BCUT2D eigenvalue weighted by Crippen LogP contribution is -2.70. The molecule has 65 heavy (non-hydrogen) atoms. The second kappa shape index (κ2) is 29.2. The Labute approximate surface area is 381 Å². The Balaban J connectivity index is 1.19. The van der Waals surface area contributed by atoms with Gasteiger partial charge in [0.05, 0.1) is 58.3 Å². The van der Waals surface area contributed by atoms with Crippen LogP contribution in [0.4, 0.5) is 0 Å². The standard InChI is InChI=1S/C41H77N11O13/c1-40(2,38(60)46-14-18-63-21-22-64-26-53)11-15-65-41(3,4)23-32(55)45-13-17-62-20-19-61-16-12-44-31(54)10-9-30(37(58)59)52(43)36(57)27-5-7-28(8-6-27)47-24-29-25-48-34-33(49-29)35(56)51-39(42)50-34/h7,27,29-30,33-34,36,38,46-49,53,57,60H,5-6,8-26,43H2,1-4H3,(H,44,54)(H,45,55)(H,58,59)(H3,42,50,51,56)/t27-,29-,30+,33-,34?,36+,38+/m1/s1. The number of aliphatic carboxylic acids is 1. The Kier molecular flexibility index (Phi) is 25.0. The van der Waals surface area contributed by atoms with Crippen LogP contribution in [-0.2, 0) is 42.9 Å². The molecule has 3 rings (SSSR count). The molecule has 1 unspecified atom stereocenters. The summed E-state index contributed by atoms with van der Waals surface area (Å²) >= 11 is 0. The van der Waals surface area contributed by atoms with Crippen molar-refractivity contribution in [2.24, 2.45) is 27.9 Å². The summed E-state index contributed by atoms with van der Waals surface area (Å²) in [6.07, 6.45) is 1.61. The highest BCUT2D eigenvalue weighted by molar-refractivity contribution is 6.01. The number of piperazine rings is 1. The summed E-state index contributed by atoms with van der Waals surface area (Å²) in [4.78, 5) is 53.6. The lowest BCUT2D eigenvalue weighted by molar-refractivity contribution is -0.152. The number of carboxylic acid groups (broad SMARTS) is 1. The van der Waals surface area contributed by atoms with Crippen LogP contribution in [0.2, 0.25) is 0 Å². The van der Waals surface area contributed by atoms with Crippen LogP contribution in [0.1, 0.15) is 72.6 Å². The van der Waals surface area contributed by atoms with E-state index in [9.17, 15) is 34.5 Å². The summed E-state index contributed by atoms with van der Waals surface area (Å²) in [5, 5.41) is 61.9. The number of carboxylic acids is 1. The molecule has 374 valence electrons.